The number of anilines is 1. The third-order valence-corrected chi connectivity index (χ3v) is 5.97. The number of hydrogen-bond acceptors (Lipinski definition) is 6. The quantitative estimate of drug-likeness (QED) is 0.576. The first-order valence-corrected chi connectivity index (χ1v) is 10.9. The molecule has 0 saturated carbocycles. The van der Waals surface area contributed by atoms with Crippen molar-refractivity contribution in [1.29, 1.82) is 0 Å². The summed E-state index contributed by atoms with van der Waals surface area (Å²) in [5.41, 5.74) is 1.41. The van der Waals surface area contributed by atoms with Gasteiger partial charge in [0.2, 0.25) is 0 Å². The van der Waals surface area contributed by atoms with Gasteiger partial charge in [-0.1, -0.05) is 24.6 Å². The van der Waals surface area contributed by atoms with Crippen LogP contribution in [0.15, 0.2) is 53.4 Å². The first-order chi connectivity index (χ1) is 14.2. The Kier molecular flexibility index (Phi) is 8.23. The van der Waals surface area contributed by atoms with Crippen molar-refractivity contribution in [2.24, 2.45) is 0 Å². The molecule has 30 heavy (non-hydrogen) atoms. The zero-order valence-corrected chi connectivity index (χ0v) is 18.1. The summed E-state index contributed by atoms with van der Waals surface area (Å²) >= 11 is 0. The Morgan fingerprint density at radius 2 is 1.63 bits per heavy atom. The van der Waals surface area contributed by atoms with Crippen LogP contribution in [0.5, 0.6) is 5.75 Å². The number of ether oxygens (including phenoxy) is 2. The predicted octanol–water partition coefficient (Wildman–Crippen LogP) is 2.27. The van der Waals surface area contributed by atoms with Crippen LogP contribution in [-0.4, -0.2) is 47.1 Å². The largest absolute Gasteiger partial charge is 0.482 e. The summed E-state index contributed by atoms with van der Waals surface area (Å²) in [6, 6.07) is 12.9. The Hall–Kier alpha value is -3.07. The van der Waals surface area contributed by atoms with Gasteiger partial charge in [0, 0.05) is 13.6 Å². The first-order valence-electron chi connectivity index (χ1n) is 9.45. The number of amides is 1. The van der Waals surface area contributed by atoms with Gasteiger partial charge in [-0.3, -0.25) is 9.10 Å². The SMILES string of the molecule is CCCNC(=O)COC(=O)COc1ccc(N(C)S(=O)(=O)c2ccc(C)cc2)cc1. The smallest absolute Gasteiger partial charge is 0.344 e. The second-order valence-electron chi connectivity index (χ2n) is 6.58. The molecule has 0 aliphatic carbocycles. The molecule has 2 rings (SSSR count). The van der Waals surface area contributed by atoms with E-state index in [4.69, 9.17) is 9.47 Å². The zero-order chi connectivity index (χ0) is 22.1. The van der Waals surface area contributed by atoms with E-state index < -0.39 is 16.0 Å². The Balaban J connectivity index is 1.90. The number of sulfonamides is 1. The maximum Gasteiger partial charge on any atom is 0.344 e. The van der Waals surface area contributed by atoms with Crippen molar-refractivity contribution < 1.29 is 27.5 Å². The summed E-state index contributed by atoms with van der Waals surface area (Å²) in [5, 5.41) is 2.59. The molecule has 0 fully saturated rings. The van der Waals surface area contributed by atoms with Crippen LogP contribution < -0.4 is 14.4 Å². The monoisotopic (exact) mass is 434 g/mol. The summed E-state index contributed by atoms with van der Waals surface area (Å²) in [7, 11) is -2.22. The third-order valence-electron chi connectivity index (χ3n) is 4.17. The van der Waals surface area contributed by atoms with E-state index in [2.05, 4.69) is 5.32 Å². The van der Waals surface area contributed by atoms with Gasteiger partial charge in [0.25, 0.3) is 15.9 Å². The molecular weight excluding hydrogens is 408 g/mol. The van der Waals surface area contributed by atoms with Gasteiger partial charge in [-0.05, 0) is 49.7 Å². The molecule has 8 nitrogen and oxygen atoms in total. The molecule has 0 heterocycles. The number of benzene rings is 2. The number of aryl methyl sites for hydroxylation is 1. The molecule has 0 bridgehead atoms. The van der Waals surface area contributed by atoms with Crippen LogP contribution in [0.4, 0.5) is 5.69 Å². The molecule has 162 valence electrons. The van der Waals surface area contributed by atoms with Gasteiger partial charge in [-0.15, -0.1) is 0 Å². The van der Waals surface area contributed by atoms with E-state index in [-0.39, 0.29) is 24.0 Å². The summed E-state index contributed by atoms with van der Waals surface area (Å²) in [5.74, 6) is -0.676. The second kappa shape index (κ2) is 10.6. The molecular formula is C21H26N2O6S. The molecule has 9 heteroatoms. The molecule has 0 aliphatic heterocycles. The first kappa shape index (κ1) is 23.2. The van der Waals surface area contributed by atoms with Crippen LogP contribution >= 0.6 is 0 Å². The fourth-order valence-corrected chi connectivity index (χ4v) is 3.60. The number of carbonyl (C=O) groups is 2. The highest BCUT2D eigenvalue weighted by Crippen LogP contribution is 2.24. The maximum absolute atomic E-state index is 12.7. The lowest BCUT2D eigenvalue weighted by Gasteiger charge is -2.20. The molecule has 0 unspecified atom stereocenters. The normalized spacial score (nSPS) is 10.9. The van der Waals surface area contributed by atoms with E-state index in [1.54, 1.807) is 48.5 Å². The molecule has 1 amide bonds. The minimum absolute atomic E-state index is 0.196. The van der Waals surface area contributed by atoms with Crippen molar-refractivity contribution in [3.05, 3.63) is 54.1 Å². The minimum Gasteiger partial charge on any atom is -0.482 e. The van der Waals surface area contributed by atoms with Gasteiger partial charge in [-0.25, -0.2) is 13.2 Å². The highest BCUT2D eigenvalue weighted by molar-refractivity contribution is 7.92. The Morgan fingerprint density at radius 1 is 1.00 bits per heavy atom. The highest BCUT2D eigenvalue weighted by Gasteiger charge is 2.21. The van der Waals surface area contributed by atoms with Gasteiger partial charge in [0.15, 0.2) is 13.2 Å². The van der Waals surface area contributed by atoms with Gasteiger partial charge in [0.1, 0.15) is 5.75 Å². The Morgan fingerprint density at radius 3 is 2.23 bits per heavy atom. The van der Waals surface area contributed by atoms with Crippen molar-refractivity contribution in [2.75, 3.05) is 31.1 Å². The van der Waals surface area contributed by atoms with Gasteiger partial charge < -0.3 is 14.8 Å². The van der Waals surface area contributed by atoms with Gasteiger partial charge in [-0.2, -0.15) is 0 Å². The number of nitrogens with zero attached hydrogens (tertiary/aromatic N) is 1. The number of esters is 1. The van der Waals surface area contributed by atoms with Crippen LogP contribution in [0, 0.1) is 6.92 Å². The zero-order valence-electron chi connectivity index (χ0n) is 17.3. The second-order valence-corrected chi connectivity index (χ2v) is 8.55. The number of rotatable bonds is 10. The van der Waals surface area contributed by atoms with E-state index in [9.17, 15) is 18.0 Å². The van der Waals surface area contributed by atoms with E-state index in [1.165, 1.54) is 11.4 Å². The van der Waals surface area contributed by atoms with E-state index >= 15 is 0 Å². The van der Waals surface area contributed by atoms with E-state index in [0.29, 0.717) is 18.0 Å². The molecule has 1 N–H and O–H groups in total. The summed E-state index contributed by atoms with van der Waals surface area (Å²) < 4.78 is 36.8. The number of nitrogens with one attached hydrogen (secondary N) is 1. The van der Waals surface area contributed by atoms with Crippen LogP contribution in [0.25, 0.3) is 0 Å². The summed E-state index contributed by atoms with van der Waals surface area (Å²) in [4.78, 5) is 23.3. The van der Waals surface area contributed by atoms with Crippen molar-refractivity contribution >= 4 is 27.6 Å². The Labute approximate surface area is 176 Å². The van der Waals surface area contributed by atoms with E-state index in [0.717, 1.165) is 12.0 Å². The Bertz CT molecular complexity index is 956. The maximum atomic E-state index is 12.7. The van der Waals surface area contributed by atoms with Crippen LogP contribution in [0.3, 0.4) is 0 Å². The average Bonchev–Trinajstić information content (AvgIpc) is 2.74. The van der Waals surface area contributed by atoms with Gasteiger partial charge in [0.05, 0.1) is 10.6 Å². The van der Waals surface area contributed by atoms with Crippen LogP contribution in [0.2, 0.25) is 0 Å². The lowest BCUT2D eigenvalue weighted by Crippen LogP contribution is -2.30. The van der Waals surface area contributed by atoms with Crippen molar-refractivity contribution in [3.63, 3.8) is 0 Å². The van der Waals surface area contributed by atoms with E-state index in [1.807, 2.05) is 13.8 Å². The topological polar surface area (TPSA) is 102 Å². The molecule has 0 atom stereocenters. The fraction of sp³-hybridized carbons (Fsp3) is 0.333. The van der Waals surface area contributed by atoms with Crippen molar-refractivity contribution in [1.82, 2.24) is 5.32 Å². The minimum atomic E-state index is -3.69. The van der Waals surface area contributed by atoms with Crippen LogP contribution in [-0.2, 0) is 24.3 Å². The number of hydrogen-bond donors (Lipinski definition) is 1. The standard InChI is InChI=1S/C21H26N2O6S/c1-4-13-22-20(24)14-29-21(25)15-28-18-9-7-17(8-10-18)23(3)30(26,27)19-11-5-16(2)6-12-19/h5-12H,4,13-15H2,1-3H3,(H,22,24). The molecule has 0 radical (unpaired) electrons. The summed E-state index contributed by atoms with van der Waals surface area (Å²) in [6.07, 6.45) is 0.792. The molecule has 2 aromatic rings. The molecule has 0 aliphatic rings. The van der Waals surface area contributed by atoms with Crippen molar-refractivity contribution in [2.45, 2.75) is 25.2 Å². The summed E-state index contributed by atoms with van der Waals surface area (Å²) in [6.45, 7) is 3.60. The average molecular weight is 435 g/mol. The third kappa shape index (κ3) is 6.48. The van der Waals surface area contributed by atoms with Crippen molar-refractivity contribution in [3.8, 4) is 5.75 Å². The van der Waals surface area contributed by atoms with Crippen LogP contribution in [0.1, 0.15) is 18.9 Å². The molecule has 2 aromatic carbocycles. The molecule has 0 saturated heterocycles. The predicted molar refractivity (Wildman–Crippen MR) is 113 cm³/mol. The number of carbonyl (C=O) groups excluding carboxylic acids is 2. The molecule has 0 spiro atoms. The molecule has 0 aromatic heterocycles. The fourth-order valence-electron chi connectivity index (χ4n) is 2.40. The highest BCUT2D eigenvalue weighted by atomic mass is 32.2. The lowest BCUT2D eigenvalue weighted by atomic mass is 10.2. The lowest BCUT2D eigenvalue weighted by molar-refractivity contribution is -0.150. The van der Waals surface area contributed by atoms with Gasteiger partial charge >= 0.3 is 5.97 Å².